The van der Waals surface area contributed by atoms with E-state index in [2.05, 4.69) is 12.2 Å². The van der Waals surface area contributed by atoms with Gasteiger partial charge in [0.15, 0.2) is 11.5 Å². The van der Waals surface area contributed by atoms with E-state index in [1.807, 2.05) is 6.92 Å². The number of Topliss-reactive ketones (excluding diaryl/α,β-unsaturated/α-hetero) is 1. The van der Waals surface area contributed by atoms with E-state index in [-0.39, 0.29) is 35.9 Å². The Kier molecular flexibility index (Phi) is 5.68. The molecule has 7 heteroatoms. The summed E-state index contributed by atoms with van der Waals surface area (Å²) >= 11 is 0. The minimum atomic E-state index is -0.525. The second-order valence-electron chi connectivity index (χ2n) is 11.0. The SMILES string of the molecule is C[C@]12CCC([C@@]3(C)CC[C@H](O)C[C@@H]3CNC(=O)c3ccc4c(c3)OCO4)[C@@H](O)C1CCC2=O. The number of fused-ring (bicyclic) bond motifs is 2. The highest BCUT2D eigenvalue weighted by molar-refractivity contribution is 5.95. The predicted molar refractivity (Wildman–Crippen MR) is 121 cm³/mol. The lowest BCUT2D eigenvalue weighted by Crippen LogP contribution is -2.55. The van der Waals surface area contributed by atoms with Crippen LogP contribution in [0.25, 0.3) is 0 Å². The Balaban J connectivity index is 1.31. The van der Waals surface area contributed by atoms with Gasteiger partial charge in [-0.15, -0.1) is 0 Å². The lowest BCUT2D eigenvalue weighted by atomic mass is 9.52. The van der Waals surface area contributed by atoms with Crippen LogP contribution in [0, 0.1) is 28.6 Å². The summed E-state index contributed by atoms with van der Waals surface area (Å²) in [5.41, 5.74) is -0.104. The summed E-state index contributed by atoms with van der Waals surface area (Å²) in [4.78, 5) is 25.4. The number of aliphatic hydroxyl groups is 2. The van der Waals surface area contributed by atoms with Gasteiger partial charge >= 0.3 is 0 Å². The maximum atomic E-state index is 12.9. The number of nitrogens with one attached hydrogen (secondary N) is 1. The third-order valence-electron chi connectivity index (χ3n) is 9.43. The number of hydrogen-bond donors (Lipinski definition) is 3. The summed E-state index contributed by atoms with van der Waals surface area (Å²) in [7, 11) is 0. The predicted octanol–water partition coefficient (Wildman–Crippen LogP) is 3.07. The van der Waals surface area contributed by atoms with Crippen LogP contribution < -0.4 is 14.8 Å². The fraction of sp³-hybridized carbons (Fsp3) is 0.692. The molecule has 0 bridgehead atoms. The zero-order valence-electron chi connectivity index (χ0n) is 19.5. The molecule has 0 radical (unpaired) electrons. The van der Waals surface area contributed by atoms with Crippen molar-refractivity contribution in [1.82, 2.24) is 5.32 Å². The highest BCUT2D eigenvalue weighted by Crippen LogP contribution is 2.58. The van der Waals surface area contributed by atoms with Crippen LogP contribution in [0.2, 0.25) is 0 Å². The fourth-order valence-electron chi connectivity index (χ4n) is 7.15. The van der Waals surface area contributed by atoms with Crippen LogP contribution >= 0.6 is 0 Å². The normalized spacial score (nSPS) is 39.9. The molecular weight excluding hydrogens is 422 g/mol. The first-order valence-corrected chi connectivity index (χ1v) is 12.3. The monoisotopic (exact) mass is 457 g/mol. The topological polar surface area (TPSA) is 105 Å². The zero-order valence-corrected chi connectivity index (χ0v) is 19.5. The van der Waals surface area contributed by atoms with E-state index in [9.17, 15) is 19.8 Å². The van der Waals surface area contributed by atoms with Crippen LogP contribution in [0.5, 0.6) is 11.5 Å². The van der Waals surface area contributed by atoms with Crippen LogP contribution in [0.1, 0.15) is 69.2 Å². The number of hydrogen-bond acceptors (Lipinski definition) is 6. The molecule has 0 saturated heterocycles. The number of amides is 1. The van der Waals surface area contributed by atoms with E-state index in [0.717, 1.165) is 25.7 Å². The van der Waals surface area contributed by atoms with Gasteiger partial charge in [0.2, 0.25) is 6.79 Å². The summed E-state index contributed by atoms with van der Waals surface area (Å²) in [5.74, 6) is 1.42. The summed E-state index contributed by atoms with van der Waals surface area (Å²) < 4.78 is 10.7. The van der Waals surface area contributed by atoms with Gasteiger partial charge in [0.05, 0.1) is 12.2 Å². The van der Waals surface area contributed by atoms with Gasteiger partial charge in [-0.05, 0) is 79.9 Å². The quantitative estimate of drug-likeness (QED) is 0.642. The molecule has 0 spiro atoms. The molecule has 1 aromatic rings. The number of benzene rings is 1. The maximum absolute atomic E-state index is 12.9. The molecule has 33 heavy (non-hydrogen) atoms. The second kappa shape index (κ2) is 8.27. The number of ketones is 1. The molecular formula is C26H35NO6. The Morgan fingerprint density at radius 2 is 1.88 bits per heavy atom. The lowest BCUT2D eigenvalue weighted by Gasteiger charge is -2.54. The van der Waals surface area contributed by atoms with Crippen molar-refractivity contribution in [1.29, 1.82) is 0 Å². The lowest BCUT2D eigenvalue weighted by molar-refractivity contribution is -0.144. The molecule has 5 rings (SSSR count). The van der Waals surface area contributed by atoms with E-state index in [0.29, 0.717) is 48.7 Å². The van der Waals surface area contributed by atoms with E-state index in [4.69, 9.17) is 9.47 Å². The molecule has 3 N–H and O–H groups in total. The van der Waals surface area contributed by atoms with Crippen molar-refractivity contribution in [2.24, 2.45) is 28.6 Å². The number of ether oxygens (including phenoxy) is 2. The largest absolute Gasteiger partial charge is 0.454 e. The number of rotatable bonds is 4. The van der Waals surface area contributed by atoms with E-state index >= 15 is 0 Å². The van der Waals surface area contributed by atoms with Gasteiger partial charge in [0.1, 0.15) is 5.78 Å². The average molecular weight is 458 g/mol. The van der Waals surface area contributed by atoms with Crippen molar-refractivity contribution >= 4 is 11.7 Å². The zero-order chi connectivity index (χ0) is 23.4. The highest BCUT2D eigenvalue weighted by atomic mass is 16.7. The van der Waals surface area contributed by atoms with Gasteiger partial charge in [-0.1, -0.05) is 13.8 Å². The van der Waals surface area contributed by atoms with Gasteiger partial charge in [0, 0.05) is 23.9 Å². The Morgan fingerprint density at radius 3 is 2.70 bits per heavy atom. The molecule has 1 heterocycles. The van der Waals surface area contributed by atoms with Crippen LogP contribution in [0.15, 0.2) is 18.2 Å². The number of carbonyl (C=O) groups excluding carboxylic acids is 2. The van der Waals surface area contributed by atoms with Crippen molar-refractivity contribution in [2.45, 2.75) is 71.0 Å². The first kappa shape index (κ1) is 22.7. The number of aliphatic hydroxyl groups excluding tert-OH is 2. The smallest absolute Gasteiger partial charge is 0.251 e. The van der Waals surface area contributed by atoms with Gasteiger partial charge in [-0.25, -0.2) is 0 Å². The van der Waals surface area contributed by atoms with Crippen LogP contribution in [-0.4, -0.2) is 47.4 Å². The maximum Gasteiger partial charge on any atom is 0.251 e. The van der Waals surface area contributed by atoms with Gasteiger partial charge in [-0.2, -0.15) is 0 Å². The first-order valence-electron chi connectivity index (χ1n) is 12.3. The molecule has 3 aliphatic carbocycles. The standard InChI is InChI=1S/C26H35NO6/c1-25(19-8-10-26(2)18(23(19)30)4-6-22(26)29)9-7-17(28)12-16(25)13-27-24(31)15-3-5-20-21(11-15)33-14-32-20/h3,5,11,16-19,23,28,30H,4,6-10,12-14H2,1-2H3,(H,27,31)/t16-,17+,18?,19?,23+,25+,26+/m1/s1. The minimum absolute atomic E-state index is 0.0105. The summed E-state index contributed by atoms with van der Waals surface area (Å²) in [6.07, 6.45) is 4.12. The Morgan fingerprint density at radius 1 is 1.09 bits per heavy atom. The van der Waals surface area contributed by atoms with Gasteiger partial charge in [-0.3, -0.25) is 9.59 Å². The molecule has 0 aromatic heterocycles. The number of carbonyl (C=O) groups is 2. The van der Waals surface area contributed by atoms with Crippen molar-refractivity contribution in [3.8, 4) is 11.5 Å². The molecule has 180 valence electrons. The molecule has 1 aliphatic heterocycles. The molecule has 3 fully saturated rings. The van der Waals surface area contributed by atoms with Crippen LogP contribution in [-0.2, 0) is 4.79 Å². The third-order valence-corrected chi connectivity index (χ3v) is 9.43. The van der Waals surface area contributed by atoms with E-state index in [1.54, 1.807) is 18.2 Å². The summed E-state index contributed by atoms with van der Waals surface area (Å²) in [5, 5.41) is 24.9. The van der Waals surface area contributed by atoms with Crippen molar-refractivity contribution in [2.75, 3.05) is 13.3 Å². The van der Waals surface area contributed by atoms with Crippen molar-refractivity contribution in [3.63, 3.8) is 0 Å². The van der Waals surface area contributed by atoms with E-state index in [1.165, 1.54) is 0 Å². The summed E-state index contributed by atoms with van der Waals surface area (Å²) in [6.45, 7) is 4.84. The van der Waals surface area contributed by atoms with Crippen molar-refractivity contribution in [3.05, 3.63) is 23.8 Å². The molecule has 3 saturated carbocycles. The molecule has 2 unspecified atom stereocenters. The molecule has 1 aromatic carbocycles. The molecule has 7 atom stereocenters. The first-order chi connectivity index (χ1) is 15.7. The minimum Gasteiger partial charge on any atom is -0.454 e. The van der Waals surface area contributed by atoms with Crippen LogP contribution in [0.4, 0.5) is 0 Å². The van der Waals surface area contributed by atoms with E-state index < -0.39 is 17.6 Å². The highest BCUT2D eigenvalue weighted by Gasteiger charge is 2.58. The van der Waals surface area contributed by atoms with Gasteiger partial charge < -0.3 is 25.0 Å². The Hall–Kier alpha value is -2.12. The molecule has 1 amide bonds. The second-order valence-corrected chi connectivity index (χ2v) is 11.0. The van der Waals surface area contributed by atoms with Gasteiger partial charge in [0.25, 0.3) is 5.91 Å². The molecule has 7 nitrogen and oxygen atoms in total. The summed E-state index contributed by atoms with van der Waals surface area (Å²) in [6, 6.07) is 5.15. The molecule has 4 aliphatic rings. The Labute approximate surface area is 194 Å². The van der Waals surface area contributed by atoms with Crippen molar-refractivity contribution < 1.29 is 29.3 Å². The average Bonchev–Trinajstić information content (AvgIpc) is 3.38. The fourth-order valence-corrected chi connectivity index (χ4v) is 7.15. The Bertz CT molecular complexity index is 949. The van der Waals surface area contributed by atoms with Crippen LogP contribution in [0.3, 0.4) is 0 Å². The third kappa shape index (κ3) is 3.73.